The number of hydrogen-bond acceptors (Lipinski definition) is 4. The Bertz CT molecular complexity index is 580. The molecular weight excluding hydrogens is 286 g/mol. The van der Waals surface area contributed by atoms with Crippen LogP contribution in [0.4, 0.5) is 14.5 Å². The Labute approximate surface area is 119 Å². The second-order valence-electron chi connectivity index (χ2n) is 4.92. The van der Waals surface area contributed by atoms with E-state index in [-0.39, 0.29) is 12.1 Å². The minimum atomic E-state index is -1.36. The lowest BCUT2D eigenvalue weighted by molar-refractivity contribution is -0.385. The van der Waals surface area contributed by atoms with Crippen molar-refractivity contribution >= 4 is 11.6 Å². The Morgan fingerprint density at radius 1 is 1.43 bits per heavy atom. The monoisotopic (exact) mass is 300 g/mol. The van der Waals surface area contributed by atoms with Gasteiger partial charge in [-0.1, -0.05) is 0 Å². The number of halogens is 2. The van der Waals surface area contributed by atoms with Gasteiger partial charge in [-0.3, -0.25) is 14.9 Å². The predicted molar refractivity (Wildman–Crippen MR) is 68.9 cm³/mol. The molecule has 21 heavy (non-hydrogen) atoms. The first-order valence-electron chi connectivity index (χ1n) is 6.44. The van der Waals surface area contributed by atoms with E-state index in [9.17, 15) is 23.7 Å². The summed E-state index contributed by atoms with van der Waals surface area (Å²) in [7, 11) is 0. The molecule has 0 aromatic heterocycles. The second-order valence-corrected chi connectivity index (χ2v) is 4.92. The summed E-state index contributed by atoms with van der Waals surface area (Å²) >= 11 is 0. The Balaban J connectivity index is 2.22. The normalized spacial score (nSPS) is 21.9. The molecule has 1 amide bonds. The van der Waals surface area contributed by atoms with Crippen LogP contribution in [0.15, 0.2) is 12.1 Å². The highest BCUT2D eigenvalue weighted by Gasteiger charge is 2.27. The Morgan fingerprint density at radius 2 is 2.10 bits per heavy atom. The number of hydrogen-bond donors (Lipinski definition) is 1. The van der Waals surface area contributed by atoms with Gasteiger partial charge in [0.2, 0.25) is 0 Å². The van der Waals surface area contributed by atoms with Crippen molar-refractivity contribution in [2.45, 2.75) is 31.9 Å². The van der Waals surface area contributed by atoms with E-state index in [1.807, 2.05) is 6.92 Å². The highest BCUT2D eigenvalue weighted by Crippen LogP contribution is 2.23. The number of benzene rings is 1. The van der Waals surface area contributed by atoms with Crippen LogP contribution in [-0.4, -0.2) is 29.6 Å². The van der Waals surface area contributed by atoms with E-state index in [0.717, 1.165) is 0 Å². The molecule has 1 aliphatic rings. The van der Waals surface area contributed by atoms with Gasteiger partial charge in [0.15, 0.2) is 11.6 Å². The van der Waals surface area contributed by atoms with Crippen molar-refractivity contribution in [3.8, 4) is 0 Å². The van der Waals surface area contributed by atoms with Gasteiger partial charge in [-0.15, -0.1) is 0 Å². The number of nitrogens with one attached hydrogen (secondary N) is 1. The number of ether oxygens (including phenoxy) is 1. The van der Waals surface area contributed by atoms with Crippen molar-refractivity contribution in [1.29, 1.82) is 0 Å². The molecule has 1 aromatic rings. The molecule has 1 saturated heterocycles. The van der Waals surface area contributed by atoms with Crippen LogP contribution in [0.5, 0.6) is 0 Å². The number of carbonyl (C=O) groups is 1. The van der Waals surface area contributed by atoms with E-state index < -0.39 is 33.7 Å². The topological polar surface area (TPSA) is 81.5 Å². The lowest BCUT2D eigenvalue weighted by Gasteiger charge is -2.27. The third kappa shape index (κ3) is 3.52. The third-order valence-corrected chi connectivity index (χ3v) is 3.30. The summed E-state index contributed by atoms with van der Waals surface area (Å²) in [6, 6.07) is 0.747. The smallest absolute Gasteiger partial charge is 0.285 e. The fourth-order valence-corrected chi connectivity index (χ4v) is 2.26. The van der Waals surface area contributed by atoms with Crippen molar-refractivity contribution < 1.29 is 23.2 Å². The number of amides is 1. The quantitative estimate of drug-likeness (QED) is 0.685. The lowest BCUT2D eigenvalue weighted by Crippen LogP contribution is -2.41. The summed E-state index contributed by atoms with van der Waals surface area (Å²) in [6.07, 6.45) is 1.08. The maximum atomic E-state index is 13.2. The lowest BCUT2D eigenvalue weighted by atomic mass is 10.0. The van der Waals surface area contributed by atoms with E-state index in [2.05, 4.69) is 5.32 Å². The zero-order valence-electron chi connectivity index (χ0n) is 11.3. The highest BCUT2D eigenvalue weighted by molar-refractivity contribution is 5.98. The van der Waals surface area contributed by atoms with E-state index in [4.69, 9.17) is 4.74 Å². The van der Waals surface area contributed by atoms with E-state index >= 15 is 0 Å². The van der Waals surface area contributed by atoms with Crippen LogP contribution >= 0.6 is 0 Å². The molecule has 1 fully saturated rings. The van der Waals surface area contributed by atoms with Gasteiger partial charge in [0.05, 0.1) is 17.1 Å². The molecule has 1 aromatic carbocycles. The van der Waals surface area contributed by atoms with Gasteiger partial charge in [0.25, 0.3) is 11.6 Å². The third-order valence-electron chi connectivity index (χ3n) is 3.30. The van der Waals surface area contributed by atoms with Crippen molar-refractivity contribution in [3.05, 3.63) is 39.4 Å². The maximum Gasteiger partial charge on any atom is 0.285 e. The van der Waals surface area contributed by atoms with Gasteiger partial charge in [-0.05, 0) is 25.8 Å². The molecule has 8 heteroatoms. The number of nitro benzene ring substituents is 1. The molecule has 0 radical (unpaired) electrons. The van der Waals surface area contributed by atoms with Crippen LogP contribution in [-0.2, 0) is 4.74 Å². The number of rotatable bonds is 3. The first kappa shape index (κ1) is 15.3. The largest absolute Gasteiger partial charge is 0.378 e. The summed E-state index contributed by atoms with van der Waals surface area (Å²) in [5, 5.41) is 13.4. The summed E-state index contributed by atoms with van der Waals surface area (Å²) in [6.45, 7) is 2.31. The SMILES string of the molecule is CC1CC(NC(=O)c2cc(F)c(F)cc2[N+](=O)[O-])CCO1. The molecule has 6 nitrogen and oxygen atoms in total. The minimum Gasteiger partial charge on any atom is -0.378 e. The first-order valence-corrected chi connectivity index (χ1v) is 6.44. The molecule has 1 N–H and O–H groups in total. The van der Waals surface area contributed by atoms with E-state index in [0.29, 0.717) is 31.6 Å². The molecule has 0 spiro atoms. The van der Waals surface area contributed by atoms with Crippen LogP contribution in [0.25, 0.3) is 0 Å². The van der Waals surface area contributed by atoms with Crippen LogP contribution in [0.1, 0.15) is 30.1 Å². The van der Waals surface area contributed by atoms with Gasteiger partial charge in [0.1, 0.15) is 5.56 Å². The molecule has 2 rings (SSSR count). The summed E-state index contributed by atoms with van der Waals surface area (Å²) in [4.78, 5) is 22.0. The summed E-state index contributed by atoms with van der Waals surface area (Å²) in [5.74, 6) is -3.45. The fourth-order valence-electron chi connectivity index (χ4n) is 2.26. The standard InChI is InChI=1S/C13H14F2N2O4/c1-7-4-8(2-3-21-7)16-13(18)9-5-10(14)11(15)6-12(9)17(19)20/h5-8H,2-4H2,1H3,(H,16,18). The maximum absolute atomic E-state index is 13.2. The zero-order valence-corrected chi connectivity index (χ0v) is 11.3. The summed E-state index contributed by atoms with van der Waals surface area (Å²) < 4.78 is 31.6. The van der Waals surface area contributed by atoms with Crippen molar-refractivity contribution in [2.24, 2.45) is 0 Å². The average molecular weight is 300 g/mol. The average Bonchev–Trinajstić information content (AvgIpc) is 2.41. The Hall–Kier alpha value is -2.09. The van der Waals surface area contributed by atoms with Crippen LogP contribution in [0.2, 0.25) is 0 Å². The van der Waals surface area contributed by atoms with Crippen molar-refractivity contribution in [3.63, 3.8) is 0 Å². The van der Waals surface area contributed by atoms with E-state index in [1.54, 1.807) is 0 Å². The Kier molecular flexibility index (Phi) is 4.46. The molecule has 2 atom stereocenters. The van der Waals surface area contributed by atoms with Crippen molar-refractivity contribution in [2.75, 3.05) is 6.61 Å². The summed E-state index contributed by atoms with van der Waals surface area (Å²) in [5.41, 5.74) is -1.25. The van der Waals surface area contributed by atoms with E-state index in [1.165, 1.54) is 0 Å². The van der Waals surface area contributed by atoms with Crippen LogP contribution in [0.3, 0.4) is 0 Å². The molecule has 0 saturated carbocycles. The minimum absolute atomic E-state index is 0.0380. The molecule has 114 valence electrons. The van der Waals surface area contributed by atoms with Gasteiger partial charge < -0.3 is 10.1 Å². The van der Waals surface area contributed by atoms with Gasteiger partial charge in [-0.2, -0.15) is 0 Å². The molecule has 2 unspecified atom stereocenters. The van der Waals surface area contributed by atoms with Gasteiger partial charge in [-0.25, -0.2) is 8.78 Å². The predicted octanol–water partition coefficient (Wildman–Crippen LogP) is 2.17. The van der Waals surface area contributed by atoms with Crippen LogP contribution in [0, 0.1) is 21.7 Å². The zero-order chi connectivity index (χ0) is 15.6. The molecule has 1 aliphatic heterocycles. The fraction of sp³-hybridized carbons (Fsp3) is 0.462. The van der Waals surface area contributed by atoms with Gasteiger partial charge >= 0.3 is 0 Å². The highest BCUT2D eigenvalue weighted by atomic mass is 19.2. The molecule has 0 aliphatic carbocycles. The van der Waals surface area contributed by atoms with Crippen molar-refractivity contribution in [1.82, 2.24) is 5.32 Å². The second kappa shape index (κ2) is 6.13. The molecule has 1 heterocycles. The number of nitrogens with zero attached hydrogens (tertiary/aromatic N) is 1. The van der Waals surface area contributed by atoms with Gasteiger partial charge in [0, 0.05) is 12.6 Å². The number of carbonyl (C=O) groups excluding carboxylic acids is 1. The molecular formula is C13H14F2N2O4. The number of nitro groups is 1. The Morgan fingerprint density at radius 3 is 2.71 bits per heavy atom. The first-order chi connectivity index (χ1) is 9.88. The van der Waals surface area contributed by atoms with Crippen LogP contribution < -0.4 is 5.32 Å². The molecule has 0 bridgehead atoms.